The predicted octanol–water partition coefficient (Wildman–Crippen LogP) is 0.703. The highest BCUT2D eigenvalue weighted by molar-refractivity contribution is 6.02. The van der Waals surface area contributed by atoms with Crippen molar-refractivity contribution in [3.8, 4) is 0 Å². The molecule has 2 aliphatic rings. The number of likely N-dealkylation sites (tertiary alicyclic amines) is 1. The minimum atomic E-state index is -0.240. The van der Waals surface area contributed by atoms with Crippen molar-refractivity contribution in [1.82, 2.24) is 4.90 Å². The normalized spacial score (nSPS) is 33.7. The van der Waals surface area contributed by atoms with E-state index < -0.39 is 0 Å². The first-order chi connectivity index (χ1) is 6.60. The van der Waals surface area contributed by atoms with Crippen LogP contribution >= 0.6 is 0 Å². The van der Waals surface area contributed by atoms with E-state index in [9.17, 15) is 9.59 Å². The molecule has 0 saturated carbocycles. The topological polar surface area (TPSA) is 49.9 Å². The zero-order chi connectivity index (χ0) is 10.3. The molecular weight excluding hydrogens is 182 g/mol. The smallest absolute Gasteiger partial charge is 0.230 e. The molecule has 2 fully saturated rings. The van der Waals surface area contributed by atoms with Crippen LogP contribution in [0.2, 0.25) is 0 Å². The summed E-state index contributed by atoms with van der Waals surface area (Å²) in [5, 5.41) is 0. The van der Waals surface area contributed by atoms with E-state index in [0.29, 0.717) is 19.4 Å². The molecule has 0 aliphatic carbocycles. The van der Waals surface area contributed by atoms with Crippen LogP contribution in [0.1, 0.15) is 33.1 Å². The van der Waals surface area contributed by atoms with Gasteiger partial charge in [-0.1, -0.05) is 6.92 Å². The van der Waals surface area contributed by atoms with Crippen LogP contribution in [0.3, 0.4) is 0 Å². The van der Waals surface area contributed by atoms with E-state index in [1.165, 1.54) is 4.90 Å². The first-order valence-electron chi connectivity index (χ1n) is 5.09. The maximum Gasteiger partial charge on any atom is 0.230 e. The molecule has 2 unspecified atom stereocenters. The van der Waals surface area contributed by atoms with Gasteiger partial charge in [0.05, 0.1) is 12.6 Å². The van der Waals surface area contributed by atoms with E-state index in [1.807, 2.05) is 13.8 Å². The van der Waals surface area contributed by atoms with Gasteiger partial charge in [0.1, 0.15) is 5.60 Å². The third-order valence-electron chi connectivity index (χ3n) is 3.35. The number of rotatable bonds is 3. The zero-order valence-electron chi connectivity index (χ0n) is 8.58. The van der Waals surface area contributed by atoms with E-state index in [0.717, 1.165) is 6.42 Å². The molecule has 0 aromatic carbocycles. The number of hydrogen-bond acceptors (Lipinski definition) is 3. The fraction of sp³-hybridized carbons (Fsp3) is 0.800. The van der Waals surface area contributed by atoms with Crippen molar-refractivity contribution in [1.29, 1.82) is 0 Å². The molecule has 0 radical (unpaired) electrons. The standard InChI is InChI=1S/C10H15NO3/c1-3-10(6-14-10)7(2)11-8(12)4-5-9(11)13/h7H,3-6H2,1-2H3. The van der Waals surface area contributed by atoms with Crippen molar-refractivity contribution >= 4 is 11.8 Å². The van der Waals surface area contributed by atoms with Gasteiger partial charge in [-0.05, 0) is 13.3 Å². The first-order valence-corrected chi connectivity index (χ1v) is 5.09. The Morgan fingerprint density at radius 3 is 2.29 bits per heavy atom. The quantitative estimate of drug-likeness (QED) is 0.494. The molecule has 0 N–H and O–H groups in total. The molecule has 2 saturated heterocycles. The second kappa shape index (κ2) is 3.05. The summed E-state index contributed by atoms with van der Waals surface area (Å²) in [7, 11) is 0. The highest BCUT2D eigenvalue weighted by Crippen LogP contribution is 2.38. The van der Waals surface area contributed by atoms with Gasteiger partial charge in [0.2, 0.25) is 11.8 Å². The van der Waals surface area contributed by atoms with E-state index >= 15 is 0 Å². The molecule has 0 bridgehead atoms. The number of hydrogen-bond donors (Lipinski definition) is 0. The van der Waals surface area contributed by atoms with E-state index in [1.54, 1.807) is 0 Å². The Kier molecular flexibility index (Phi) is 2.10. The molecule has 2 amide bonds. The Morgan fingerprint density at radius 2 is 1.93 bits per heavy atom. The Morgan fingerprint density at radius 1 is 1.43 bits per heavy atom. The summed E-state index contributed by atoms with van der Waals surface area (Å²) in [6.07, 6.45) is 1.58. The minimum Gasteiger partial charge on any atom is -0.367 e. The van der Waals surface area contributed by atoms with Gasteiger partial charge in [-0.3, -0.25) is 14.5 Å². The number of nitrogens with zero attached hydrogens (tertiary/aromatic N) is 1. The third kappa shape index (κ3) is 1.25. The monoisotopic (exact) mass is 197 g/mol. The second-order valence-corrected chi connectivity index (χ2v) is 4.04. The fourth-order valence-corrected chi connectivity index (χ4v) is 2.09. The molecule has 4 heteroatoms. The molecule has 14 heavy (non-hydrogen) atoms. The molecular formula is C10H15NO3. The fourth-order valence-electron chi connectivity index (χ4n) is 2.09. The van der Waals surface area contributed by atoms with Gasteiger partial charge in [-0.25, -0.2) is 0 Å². The number of ether oxygens (including phenoxy) is 1. The predicted molar refractivity (Wildman–Crippen MR) is 49.5 cm³/mol. The van der Waals surface area contributed by atoms with Crippen molar-refractivity contribution in [2.45, 2.75) is 44.8 Å². The van der Waals surface area contributed by atoms with Gasteiger partial charge in [-0.2, -0.15) is 0 Å². The molecule has 2 aliphatic heterocycles. The average molecular weight is 197 g/mol. The van der Waals surface area contributed by atoms with Crippen LogP contribution in [0.15, 0.2) is 0 Å². The molecule has 2 atom stereocenters. The maximum absolute atomic E-state index is 11.5. The van der Waals surface area contributed by atoms with Gasteiger partial charge >= 0.3 is 0 Å². The van der Waals surface area contributed by atoms with Crippen LogP contribution in [0.5, 0.6) is 0 Å². The summed E-state index contributed by atoms with van der Waals surface area (Å²) in [5.74, 6) is -0.100. The van der Waals surface area contributed by atoms with Crippen LogP contribution < -0.4 is 0 Å². The van der Waals surface area contributed by atoms with Crippen molar-refractivity contribution in [3.63, 3.8) is 0 Å². The molecule has 78 valence electrons. The van der Waals surface area contributed by atoms with Crippen molar-refractivity contribution in [2.24, 2.45) is 0 Å². The Bertz CT molecular complexity index is 267. The van der Waals surface area contributed by atoms with Gasteiger partial charge in [0, 0.05) is 12.8 Å². The lowest BCUT2D eigenvalue weighted by Gasteiger charge is -2.27. The molecule has 0 aromatic heterocycles. The van der Waals surface area contributed by atoms with Crippen LogP contribution in [-0.4, -0.2) is 35.0 Å². The summed E-state index contributed by atoms with van der Waals surface area (Å²) in [4.78, 5) is 24.3. The minimum absolute atomic E-state index is 0.0502. The Balaban J connectivity index is 2.14. The van der Waals surface area contributed by atoms with E-state index in [4.69, 9.17) is 4.74 Å². The highest BCUT2D eigenvalue weighted by Gasteiger charge is 2.53. The van der Waals surface area contributed by atoms with Gasteiger partial charge in [0.15, 0.2) is 0 Å². The summed E-state index contributed by atoms with van der Waals surface area (Å²) < 4.78 is 5.37. The molecule has 4 nitrogen and oxygen atoms in total. The molecule has 0 aromatic rings. The lowest BCUT2D eigenvalue weighted by Crippen LogP contribution is -2.46. The van der Waals surface area contributed by atoms with Gasteiger partial charge in [0.25, 0.3) is 0 Å². The van der Waals surface area contributed by atoms with Crippen molar-refractivity contribution < 1.29 is 14.3 Å². The number of amides is 2. The Hall–Kier alpha value is -0.900. The number of carbonyl (C=O) groups excluding carboxylic acids is 2. The summed E-state index contributed by atoms with van der Waals surface area (Å²) >= 11 is 0. The summed E-state index contributed by atoms with van der Waals surface area (Å²) in [5.41, 5.74) is -0.240. The van der Waals surface area contributed by atoms with Crippen LogP contribution in [-0.2, 0) is 14.3 Å². The van der Waals surface area contributed by atoms with E-state index in [2.05, 4.69) is 0 Å². The molecule has 2 heterocycles. The first kappa shape index (κ1) is 9.65. The Labute approximate surface area is 83.2 Å². The summed E-state index contributed by atoms with van der Waals surface area (Å²) in [6, 6.07) is -0.102. The number of carbonyl (C=O) groups is 2. The number of imide groups is 1. The average Bonchev–Trinajstić information content (AvgIpc) is 2.89. The number of epoxide rings is 1. The van der Waals surface area contributed by atoms with Crippen molar-refractivity contribution in [3.05, 3.63) is 0 Å². The van der Waals surface area contributed by atoms with Crippen LogP contribution in [0, 0.1) is 0 Å². The van der Waals surface area contributed by atoms with Crippen LogP contribution in [0.25, 0.3) is 0 Å². The second-order valence-electron chi connectivity index (χ2n) is 4.04. The van der Waals surface area contributed by atoms with Crippen molar-refractivity contribution in [2.75, 3.05) is 6.61 Å². The largest absolute Gasteiger partial charge is 0.367 e. The maximum atomic E-state index is 11.5. The highest BCUT2D eigenvalue weighted by atomic mass is 16.6. The van der Waals surface area contributed by atoms with E-state index in [-0.39, 0.29) is 23.5 Å². The lowest BCUT2D eigenvalue weighted by atomic mass is 9.98. The SMILES string of the molecule is CCC1(C(C)N2C(=O)CCC2=O)CO1. The molecule has 2 rings (SSSR count). The lowest BCUT2D eigenvalue weighted by molar-refractivity contribution is -0.142. The zero-order valence-corrected chi connectivity index (χ0v) is 8.58. The summed E-state index contributed by atoms with van der Waals surface area (Å²) in [6.45, 7) is 4.59. The van der Waals surface area contributed by atoms with Crippen LogP contribution in [0.4, 0.5) is 0 Å². The molecule has 0 spiro atoms. The van der Waals surface area contributed by atoms with Gasteiger partial charge in [-0.15, -0.1) is 0 Å². The van der Waals surface area contributed by atoms with Gasteiger partial charge < -0.3 is 4.74 Å². The third-order valence-corrected chi connectivity index (χ3v) is 3.35.